The van der Waals surface area contributed by atoms with E-state index in [1.807, 2.05) is 13.0 Å². The van der Waals surface area contributed by atoms with Crippen molar-refractivity contribution in [3.8, 4) is 12.3 Å². The predicted molar refractivity (Wildman–Crippen MR) is 70.3 cm³/mol. The molecule has 0 aliphatic heterocycles. The van der Waals surface area contributed by atoms with Crippen LogP contribution >= 0.6 is 15.9 Å². The van der Waals surface area contributed by atoms with Gasteiger partial charge in [0.05, 0.1) is 0 Å². The third kappa shape index (κ3) is 4.63. The number of terminal acetylenes is 1. The van der Waals surface area contributed by atoms with Gasteiger partial charge in [0.25, 0.3) is 0 Å². The van der Waals surface area contributed by atoms with Crippen molar-refractivity contribution in [1.82, 2.24) is 9.97 Å². The monoisotopic (exact) mass is 281 g/mol. The van der Waals surface area contributed by atoms with Crippen LogP contribution in [0.3, 0.4) is 0 Å². The average Bonchev–Trinajstić information content (AvgIpc) is 2.28. The lowest BCUT2D eigenvalue weighted by Crippen LogP contribution is -2.05. The lowest BCUT2D eigenvalue weighted by atomic mass is 10.2. The number of halogens is 1. The minimum Gasteiger partial charge on any atom is -0.370 e. The summed E-state index contributed by atoms with van der Waals surface area (Å²) in [6.45, 7) is 2.94. The van der Waals surface area contributed by atoms with Crippen LogP contribution in [-0.4, -0.2) is 16.5 Å². The molecule has 0 saturated heterocycles. The van der Waals surface area contributed by atoms with Gasteiger partial charge in [0.1, 0.15) is 16.2 Å². The van der Waals surface area contributed by atoms with Crippen LogP contribution in [0.25, 0.3) is 0 Å². The van der Waals surface area contributed by atoms with E-state index in [9.17, 15) is 0 Å². The molecule has 0 radical (unpaired) electrons. The molecule has 0 bridgehead atoms. The molecule has 0 saturated carbocycles. The fourth-order valence-corrected chi connectivity index (χ4v) is 1.70. The van der Waals surface area contributed by atoms with Crippen LogP contribution < -0.4 is 5.32 Å². The van der Waals surface area contributed by atoms with Crippen LogP contribution in [0, 0.1) is 12.3 Å². The first-order valence-corrected chi connectivity index (χ1v) is 6.26. The number of nitrogens with zero attached hydrogens (tertiary/aromatic N) is 2. The second-order valence-electron chi connectivity index (χ2n) is 3.43. The molecule has 3 nitrogen and oxygen atoms in total. The van der Waals surface area contributed by atoms with Crippen molar-refractivity contribution < 1.29 is 0 Å². The first kappa shape index (κ1) is 13.0. The highest BCUT2D eigenvalue weighted by atomic mass is 79.9. The summed E-state index contributed by atoms with van der Waals surface area (Å²) < 4.78 is 0.825. The topological polar surface area (TPSA) is 37.8 Å². The van der Waals surface area contributed by atoms with Crippen molar-refractivity contribution >= 4 is 21.7 Å². The first-order chi connectivity index (χ1) is 7.76. The Hall–Kier alpha value is -1.08. The number of anilines is 1. The molecule has 1 N–H and O–H groups in total. The molecule has 0 aliphatic rings. The molecule has 0 unspecified atom stereocenters. The van der Waals surface area contributed by atoms with Gasteiger partial charge in [-0.2, -0.15) is 0 Å². The SMILES string of the molecule is C#CCCCCNc1cc(Br)nc(CC)n1. The number of unbranched alkanes of at least 4 members (excludes halogenated alkanes) is 2. The lowest BCUT2D eigenvalue weighted by Gasteiger charge is -2.06. The largest absolute Gasteiger partial charge is 0.370 e. The van der Waals surface area contributed by atoms with Crippen molar-refractivity contribution in [2.75, 3.05) is 11.9 Å². The smallest absolute Gasteiger partial charge is 0.131 e. The third-order valence-electron chi connectivity index (χ3n) is 2.11. The van der Waals surface area contributed by atoms with E-state index in [1.54, 1.807) is 0 Å². The van der Waals surface area contributed by atoms with E-state index in [4.69, 9.17) is 6.42 Å². The Morgan fingerprint density at radius 3 is 2.94 bits per heavy atom. The van der Waals surface area contributed by atoms with E-state index in [2.05, 4.69) is 37.1 Å². The summed E-state index contributed by atoms with van der Waals surface area (Å²) in [5, 5.41) is 3.27. The Bertz CT molecular complexity index is 371. The molecular weight excluding hydrogens is 266 g/mol. The van der Waals surface area contributed by atoms with Gasteiger partial charge in [0, 0.05) is 25.5 Å². The van der Waals surface area contributed by atoms with Gasteiger partial charge in [-0.15, -0.1) is 12.3 Å². The fourth-order valence-electron chi connectivity index (χ4n) is 1.28. The highest BCUT2D eigenvalue weighted by Crippen LogP contribution is 2.12. The number of nitrogens with one attached hydrogen (secondary N) is 1. The van der Waals surface area contributed by atoms with Crippen LogP contribution in [0.5, 0.6) is 0 Å². The number of aryl methyl sites for hydroxylation is 1. The molecule has 1 rings (SSSR count). The Morgan fingerprint density at radius 1 is 1.44 bits per heavy atom. The zero-order valence-electron chi connectivity index (χ0n) is 9.46. The lowest BCUT2D eigenvalue weighted by molar-refractivity contribution is 0.785. The van der Waals surface area contributed by atoms with Crippen molar-refractivity contribution in [1.29, 1.82) is 0 Å². The maximum absolute atomic E-state index is 5.18. The van der Waals surface area contributed by atoms with E-state index in [0.29, 0.717) is 0 Å². The van der Waals surface area contributed by atoms with E-state index >= 15 is 0 Å². The summed E-state index contributed by atoms with van der Waals surface area (Å²) in [5.41, 5.74) is 0. The molecule has 1 aromatic rings. The number of hydrogen-bond donors (Lipinski definition) is 1. The van der Waals surface area contributed by atoms with Gasteiger partial charge in [-0.3, -0.25) is 0 Å². The molecule has 0 atom stereocenters. The van der Waals surface area contributed by atoms with Gasteiger partial charge in [-0.05, 0) is 28.8 Å². The second-order valence-corrected chi connectivity index (χ2v) is 4.25. The van der Waals surface area contributed by atoms with Crippen LogP contribution in [-0.2, 0) is 6.42 Å². The van der Waals surface area contributed by atoms with Crippen molar-refractivity contribution in [3.63, 3.8) is 0 Å². The van der Waals surface area contributed by atoms with E-state index in [1.165, 1.54) is 0 Å². The van der Waals surface area contributed by atoms with Crippen molar-refractivity contribution in [3.05, 3.63) is 16.5 Å². The maximum atomic E-state index is 5.18. The Balaban J connectivity index is 2.41. The van der Waals surface area contributed by atoms with Crippen molar-refractivity contribution in [2.24, 2.45) is 0 Å². The molecule has 86 valence electrons. The summed E-state index contributed by atoms with van der Waals surface area (Å²) in [5.74, 6) is 4.35. The molecule has 0 amide bonds. The van der Waals surface area contributed by atoms with Crippen LogP contribution in [0.15, 0.2) is 10.7 Å². The van der Waals surface area contributed by atoms with Crippen LogP contribution in [0.1, 0.15) is 32.0 Å². The van der Waals surface area contributed by atoms with E-state index in [0.717, 1.165) is 48.5 Å². The van der Waals surface area contributed by atoms with Gasteiger partial charge >= 0.3 is 0 Å². The quantitative estimate of drug-likeness (QED) is 0.495. The maximum Gasteiger partial charge on any atom is 0.131 e. The summed E-state index contributed by atoms with van der Waals surface area (Å²) in [6, 6.07) is 1.89. The zero-order valence-corrected chi connectivity index (χ0v) is 11.0. The molecule has 1 heterocycles. The molecule has 0 fully saturated rings. The Morgan fingerprint density at radius 2 is 2.25 bits per heavy atom. The molecule has 0 aliphatic carbocycles. The van der Waals surface area contributed by atoms with Gasteiger partial charge in [0.15, 0.2) is 0 Å². The molecule has 0 aromatic carbocycles. The summed E-state index contributed by atoms with van der Waals surface area (Å²) in [4.78, 5) is 8.63. The predicted octanol–water partition coefficient (Wildman–Crippen LogP) is 3.02. The minimum atomic E-state index is 0.825. The zero-order chi connectivity index (χ0) is 11.8. The van der Waals surface area contributed by atoms with Crippen LogP contribution in [0.2, 0.25) is 0 Å². The highest BCUT2D eigenvalue weighted by molar-refractivity contribution is 9.10. The highest BCUT2D eigenvalue weighted by Gasteiger charge is 2.00. The minimum absolute atomic E-state index is 0.825. The second kappa shape index (κ2) is 7.24. The van der Waals surface area contributed by atoms with Crippen molar-refractivity contribution in [2.45, 2.75) is 32.6 Å². The number of hydrogen-bond acceptors (Lipinski definition) is 3. The molecular formula is C12H16BrN3. The number of rotatable bonds is 6. The Labute approximate surface area is 105 Å². The molecule has 4 heteroatoms. The summed E-state index contributed by atoms with van der Waals surface area (Å²) in [7, 11) is 0. The number of aromatic nitrogens is 2. The normalized spacial score (nSPS) is 9.81. The third-order valence-corrected chi connectivity index (χ3v) is 2.52. The fraction of sp³-hybridized carbons (Fsp3) is 0.500. The van der Waals surface area contributed by atoms with E-state index in [-0.39, 0.29) is 0 Å². The molecule has 0 spiro atoms. The first-order valence-electron chi connectivity index (χ1n) is 5.47. The van der Waals surface area contributed by atoms with E-state index < -0.39 is 0 Å². The van der Waals surface area contributed by atoms with Gasteiger partial charge < -0.3 is 5.32 Å². The van der Waals surface area contributed by atoms with Gasteiger partial charge in [-0.25, -0.2) is 9.97 Å². The average molecular weight is 282 g/mol. The van der Waals surface area contributed by atoms with Gasteiger partial charge in [0.2, 0.25) is 0 Å². The van der Waals surface area contributed by atoms with Crippen LogP contribution in [0.4, 0.5) is 5.82 Å². The summed E-state index contributed by atoms with van der Waals surface area (Å²) >= 11 is 3.37. The summed E-state index contributed by atoms with van der Waals surface area (Å²) in [6.07, 6.45) is 8.98. The molecule has 16 heavy (non-hydrogen) atoms. The Kier molecular flexibility index (Phi) is 5.87. The molecule has 1 aromatic heterocycles. The standard InChI is InChI=1S/C12H16BrN3/c1-3-5-6-7-8-14-12-9-10(13)15-11(4-2)16-12/h1,9H,4-8H2,2H3,(H,14,15,16). The van der Waals surface area contributed by atoms with Gasteiger partial charge in [-0.1, -0.05) is 6.92 Å².